The van der Waals surface area contributed by atoms with E-state index in [1.807, 2.05) is 0 Å². The van der Waals surface area contributed by atoms with Crippen LogP contribution >= 0.6 is 11.6 Å². The highest BCUT2D eigenvalue weighted by molar-refractivity contribution is 7.92. The van der Waals surface area contributed by atoms with Gasteiger partial charge in [-0.1, -0.05) is 11.6 Å². The van der Waals surface area contributed by atoms with E-state index in [2.05, 4.69) is 10.2 Å². The minimum Gasteiger partial charge on any atom is -0.379 e. The van der Waals surface area contributed by atoms with Crippen LogP contribution in [0, 0.1) is 0 Å². The first-order valence-corrected chi connectivity index (χ1v) is 11.3. The predicted molar refractivity (Wildman–Crippen MR) is 106 cm³/mol. The fourth-order valence-electron chi connectivity index (χ4n) is 3.35. The van der Waals surface area contributed by atoms with Gasteiger partial charge in [-0.15, -0.1) is 0 Å². The van der Waals surface area contributed by atoms with E-state index >= 15 is 0 Å². The molecule has 1 N–H and O–H groups in total. The molecule has 9 heteroatoms. The number of carbonyl (C=O) groups is 1. The average Bonchev–Trinajstić information content (AvgIpc) is 2.65. The van der Waals surface area contributed by atoms with Gasteiger partial charge in [0.2, 0.25) is 10.0 Å². The second-order valence-corrected chi connectivity index (χ2v) is 9.24. The van der Waals surface area contributed by atoms with Gasteiger partial charge >= 0.3 is 0 Å². The number of sulfonamides is 1. The molecule has 0 saturated carbocycles. The first-order chi connectivity index (χ1) is 13.0. The molecular weight excluding hydrogens is 390 g/mol. The van der Waals surface area contributed by atoms with Crippen LogP contribution in [0.2, 0.25) is 5.02 Å². The molecule has 0 atom stereocenters. The van der Waals surface area contributed by atoms with Crippen LogP contribution < -0.4 is 9.62 Å². The molecule has 2 heterocycles. The Kier molecular flexibility index (Phi) is 6.97. The van der Waals surface area contributed by atoms with Crippen LogP contribution in [0.3, 0.4) is 0 Å². The van der Waals surface area contributed by atoms with E-state index in [-0.39, 0.29) is 16.7 Å². The van der Waals surface area contributed by atoms with Crippen molar-refractivity contribution in [2.75, 3.05) is 56.0 Å². The number of rotatable bonds is 6. The number of nitrogens with zero attached hydrogens (tertiary/aromatic N) is 2. The molecule has 150 valence electrons. The zero-order chi connectivity index (χ0) is 19.3. The summed E-state index contributed by atoms with van der Waals surface area (Å²) < 4.78 is 31.1. The molecule has 0 unspecified atom stereocenters. The van der Waals surface area contributed by atoms with Crippen molar-refractivity contribution in [3.63, 3.8) is 0 Å². The van der Waals surface area contributed by atoms with Crippen LogP contribution in [0.4, 0.5) is 5.69 Å². The highest BCUT2D eigenvalue weighted by Crippen LogP contribution is 2.28. The van der Waals surface area contributed by atoms with Crippen LogP contribution in [0.15, 0.2) is 18.2 Å². The molecule has 3 rings (SSSR count). The monoisotopic (exact) mass is 415 g/mol. The van der Waals surface area contributed by atoms with Crippen molar-refractivity contribution in [3.05, 3.63) is 28.8 Å². The molecule has 1 amide bonds. The SMILES string of the molecule is O=C(NCCCN1CCOCC1)c1ccc(N2CCCCS2(=O)=O)cc1Cl. The van der Waals surface area contributed by atoms with Gasteiger partial charge in [-0.3, -0.25) is 14.0 Å². The van der Waals surface area contributed by atoms with Gasteiger partial charge in [-0.05, 0) is 44.0 Å². The first-order valence-electron chi connectivity index (χ1n) is 9.36. The zero-order valence-electron chi connectivity index (χ0n) is 15.3. The molecule has 2 aliphatic heterocycles. The average molecular weight is 416 g/mol. The maximum Gasteiger partial charge on any atom is 0.252 e. The van der Waals surface area contributed by atoms with E-state index in [1.165, 1.54) is 4.31 Å². The summed E-state index contributed by atoms with van der Waals surface area (Å²) >= 11 is 6.27. The lowest BCUT2D eigenvalue weighted by Crippen LogP contribution is -2.38. The first kappa shape index (κ1) is 20.4. The Hall–Kier alpha value is -1.35. The number of anilines is 1. The Morgan fingerprint density at radius 2 is 1.96 bits per heavy atom. The number of amides is 1. The molecule has 0 spiro atoms. The number of carbonyl (C=O) groups excluding carboxylic acids is 1. The molecule has 7 nitrogen and oxygen atoms in total. The second kappa shape index (κ2) is 9.23. The number of benzene rings is 1. The summed E-state index contributed by atoms with van der Waals surface area (Å²) in [6.45, 7) is 5.33. The van der Waals surface area contributed by atoms with Crippen molar-refractivity contribution in [2.24, 2.45) is 0 Å². The number of hydrogen-bond donors (Lipinski definition) is 1. The van der Waals surface area contributed by atoms with Crippen molar-refractivity contribution in [3.8, 4) is 0 Å². The van der Waals surface area contributed by atoms with Crippen molar-refractivity contribution in [1.29, 1.82) is 0 Å². The lowest BCUT2D eigenvalue weighted by Gasteiger charge is -2.28. The van der Waals surface area contributed by atoms with Crippen LogP contribution in [0.25, 0.3) is 0 Å². The normalized spacial score (nSPS) is 20.4. The number of ether oxygens (including phenoxy) is 1. The standard InChI is InChI=1S/C18H26ClN3O4S/c19-17-14-15(22-8-1-2-13-27(22,24)25)4-5-16(17)18(23)20-6-3-7-21-9-11-26-12-10-21/h4-5,14H,1-3,6-13H2,(H,20,23). The van der Waals surface area contributed by atoms with Crippen LogP contribution in [0.1, 0.15) is 29.6 Å². The van der Waals surface area contributed by atoms with E-state index in [4.69, 9.17) is 16.3 Å². The van der Waals surface area contributed by atoms with E-state index in [1.54, 1.807) is 18.2 Å². The highest BCUT2D eigenvalue weighted by atomic mass is 35.5. The van der Waals surface area contributed by atoms with Crippen molar-refractivity contribution in [2.45, 2.75) is 19.3 Å². The zero-order valence-corrected chi connectivity index (χ0v) is 16.9. The van der Waals surface area contributed by atoms with Gasteiger partial charge in [-0.25, -0.2) is 8.42 Å². The Morgan fingerprint density at radius 1 is 1.19 bits per heavy atom. The second-order valence-electron chi connectivity index (χ2n) is 6.82. The van der Waals surface area contributed by atoms with Gasteiger partial charge in [0.1, 0.15) is 0 Å². The summed E-state index contributed by atoms with van der Waals surface area (Å²) in [7, 11) is -3.29. The Bertz CT molecular complexity index is 766. The van der Waals surface area contributed by atoms with Gasteiger partial charge < -0.3 is 10.1 Å². The van der Waals surface area contributed by atoms with E-state index in [0.717, 1.165) is 45.7 Å². The summed E-state index contributed by atoms with van der Waals surface area (Å²) in [4.78, 5) is 14.7. The molecule has 27 heavy (non-hydrogen) atoms. The maximum absolute atomic E-state index is 12.4. The number of halogens is 1. The van der Waals surface area contributed by atoms with E-state index < -0.39 is 10.0 Å². The van der Waals surface area contributed by atoms with Crippen molar-refractivity contribution in [1.82, 2.24) is 10.2 Å². The molecule has 1 aromatic carbocycles. The summed E-state index contributed by atoms with van der Waals surface area (Å²) in [5.74, 6) is -0.0919. The molecule has 0 aromatic heterocycles. The molecule has 2 fully saturated rings. The molecular formula is C18H26ClN3O4S. The Morgan fingerprint density at radius 3 is 2.67 bits per heavy atom. The quantitative estimate of drug-likeness (QED) is 0.716. The lowest BCUT2D eigenvalue weighted by molar-refractivity contribution is 0.0374. The fourth-order valence-corrected chi connectivity index (χ4v) is 5.24. The van der Waals surface area contributed by atoms with Gasteiger partial charge in [0.15, 0.2) is 0 Å². The molecule has 2 aliphatic rings. The van der Waals surface area contributed by atoms with Gasteiger partial charge in [-0.2, -0.15) is 0 Å². The molecule has 0 radical (unpaired) electrons. The third kappa shape index (κ3) is 5.34. The fraction of sp³-hybridized carbons (Fsp3) is 0.611. The third-order valence-corrected chi connectivity index (χ3v) is 7.06. The summed E-state index contributed by atoms with van der Waals surface area (Å²) in [6, 6.07) is 4.81. The van der Waals surface area contributed by atoms with Crippen molar-refractivity contribution < 1.29 is 17.9 Å². The summed E-state index contributed by atoms with van der Waals surface area (Å²) in [5, 5.41) is 3.14. The minimum atomic E-state index is -3.29. The van der Waals surface area contributed by atoms with Crippen LogP contribution in [-0.2, 0) is 14.8 Å². The molecule has 0 aliphatic carbocycles. The van der Waals surface area contributed by atoms with Crippen molar-refractivity contribution >= 4 is 33.2 Å². The Balaban J connectivity index is 1.54. The minimum absolute atomic E-state index is 0.149. The smallest absolute Gasteiger partial charge is 0.252 e. The number of hydrogen-bond acceptors (Lipinski definition) is 5. The predicted octanol–water partition coefficient (Wildman–Crippen LogP) is 1.72. The summed E-state index contributed by atoms with van der Waals surface area (Å²) in [6.07, 6.45) is 2.35. The number of morpholine rings is 1. The highest BCUT2D eigenvalue weighted by Gasteiger charge is 2.26. The van der Waals surface area contributed by atoms with E-state index in [9.17, 15) is 13.2 Å². The van der Waals surface area contributed by atoms with Gasteiger partial charge in [0, 0.05) is 26.2 Å². The lowest BCUT2D eigenvalue weighted by atomic mass is 10.2. The molecule has 2 saturated heterocycles. The maximum atomic E-state index is 12.4. The largest absolute Gasteiger partial charge is 0.379 e. The molecule has 0 bridgehead atoms. The Labute approximate surface area is 165 Å². The number of nitrogens with one attached hydrogen (secondary N) is 1. The topological polar surface area (TPSA) is 79.0 Å². The summed E-state index contributed by atoms with van der Waals surface area (Å²) in [5.41, 5.74) is 0.879. The molecule has 1 aromatic rings. The third-order valence-electron chi connectivity index (χ3n) is 4.87. The van der Waals surface area contributed by atoms with Gasteiger partial charge in [0.25, 0.3) is 5.91 Å². The van der Waals surface area contributed by atoms with Crippen LogP contribution in [-0.4, -0.2) is 70.9 Å². The van der Waals surface area contributed by atoms with Crippen LogP contribution in [0.5, 0.6) is 0 Å². The van der Waals surface area contributed by atoms with Gasteiger partial charge in [0.05, 0.1) is 35.2 Å². The van der Waals surface area contributed by atoms with E-state index in [0.29, 0.717) is 30.8 Å².